The molecule has 73 heavy (non-hydrogen) atoms. The summed E-state index contributed by atoms with van der Waals surface area (Å²) in [6, 6.07) is -1.18. The number of unbranched alkanes of at least 4 members (excludes halogenated alkanes) is 41. The minimum Gasteiger partial charge on any atom is -0.394 e. The lowest BCUT2D eigenvalue weighted by Gasteiger charge is -2.40. The van der Waals surface area contributed by atoms with E-state index in [-0.39, 0.29) is 12.8 Å². The lowest BCUT2D eigenvalue weighted by molar-refractivity contribution is -0.303. The summed E-state index contributed by atoms with van der Waals surface area (Å²) in [5.41, 5.74) is 0. The number of carbonyl (C=O) groups is 1. The summed E-state index contributed by atoms with van der Waals surface area (Å²) in [7, 11) is 0. The third kappa shape index (κ3) is 39.8. The zero-order chi connectivity index (χ0) is 53.3. The van der Waals surface area contributed by atoms with Crippen molar-refractivity contribution in [3.63, 3.8) is 0 Å². The van der Waals surface area contributed by atoms with Crippen molar-refractivity contribution in [3.05, 3.63) is 12.2 Å². The molecule has 9 atom stereocenters. The van der Waals surface area contributed by atoms with Crippen molar-refractivity contribution >= 4 is 5.91 Å². The molecule has 11 heteroatoms. The minimum absolute atomic E-state index is 0.260. The maximum atomic E-state index is 13.2. The Balaban J connectivity index is 2.26. The predicted octanol–water partition coefficient (Wildman–Crippen LogP) is 13.9. The fourth-order valence-corrected chi connectivity index (χ4v) is 10.4. The van der Waals surface area contributed by atoms with Crippen molar-refractivity contribution in [3.8, 4) is 0 Å². The van der Waals surface area contributed by atoms with Gasteiger partial charge in [-0.05, 0) is 38.5 Å². The number of carbonyl (C=O) groups excluding carboxylic acids is 1. The van der Waals surface area contributed by atoms with Crippen molar-refractivity contribution in [2.45, 2.75) is 364 Å². The highest BCUT2D eigenvalue weighted by atomic mass is 16.7. The fraction of sp³-hybridized carbons (Fsp3) is 0.952. The van der Waals surface area contributed by atoms with Gasteiger partial charge in [0.25, 0.3) is 0 Å². The Hall–Kier alpha value is -1.15. The molecule has 1 saturated heterocycles. The lowest BCUT2D eigenvalue weighted by atomic mass is 9.98. The van der Waals surface area contributed by atoms with Gasteiger partial charge in [0.05, 0.1) is 25.4 Å². The molecule has 8 N–H and O–H groups in total. The summed E-state index contributed by atoms with van der Waals surface area (Å²) in [5, 5.41) is 76.3. The van der Waals surface area contributed by atoms with Crippen LogP contribution in [0.25, 0.3) is 0 Å². The van der Waals surface area contributed by atoms with Gasteiger partial charge in [-0.2, -0.15) is 0 Å². The van der Waals surface area contributed by atoms with Crippen LogP contribution in [0.2, 0.25) is 0 Å². The van der Waals surface area contributed by atoms with Crippen LogP contribution in [0.1, 0.15) is 309 Å². The van der Waals surface area contributed by atoms with E-state index in [9.17, 15) is 40.5 Å². The van der Waals surface area contributed by atoms with Crippen LogP contribution in [0.15, 0.2) is 12.2 Å². The molecule has 1 aliphatic rings. The van der Waals surface area contributed by atoms with Crippen molar-refractivity contribution in [1.29, 1.82) is 0 Å². The standard InChI is InChI=1S/C62H121NO10/c1-3-5-7-9-11-13-15-17-19-21-23-25-26-27-28-29-30-32-34-36-38-40-42-44-46-48-50-55(66)61(71)63-53(52-72-62-60(70)59(69)58(68)56(51-64)73-62)57(67)54(65)49-47-45-43-41-39-37-35-33-31-24-22-20-18-16-14-12-10-8-6-4-2/h41,43,53-60,62,64-70H,3-40,42,44-52H2,1-2H3,(H,63,71)/b43-41+. The van der Waals surface area contributed by atoms with Gasteiger partial charge in [-0.25, -0.2) is 0 Å². The molecule has 1 heterocycles. The summed E-state index contributed by atoms with van der Waals surface area (Å²) in [4.78, 5) is 13.2. The normalized spacial score (nSPS) is 19.9. The Labute approximate surface area is 449 Å². The number of rotatable bonds is 55. The quantitative estimate of drug-likeness (QED) is 0.0215. The van der Waals surface area contributed by atoms with Crippen molar-refractivity contribution in [2.24, 2.45) is 0 Å². The number of amides is 1. The van der Waals surface area contributed by atoms with E-state index in [0.717, 1.165) is 38.5 Å². The van der Waals surface area contributed by atoms with Gasteiger partial charge in [0.15, 0.2) is 6.29 Å². The Bertz CT molecular complexity index is 1190. The first-order valence-electron chi connectivity index (χ1n) is 31.6. The van der Waals surface area contributed by atoms with Gasteiger partial charge in [-0.15, -0.1) is 0 Å². The molecule has 1 rings (SSSR count). The topological polar surface area (TPSA) is 189 Å². The van der Waals surface area contributed by atoms with Crippen LogP contribution in [-0.4, -0.2) is 110 Å². The number of nitrogens with one attached hydrogen (secondary N) is 1. The number of hydrogen-bond donors (Lipinski definition) is 8. The van der Waals surface area contributed by atoms with E-state index in [1.165, 1.54) is 231 Å². The summed E-state index contributed by atoms with van der Waals surface area (Å²) >= 11 is 0. The molecule has 11 nitrogen and oxygen atoms in total. The molecule has 0 bridgehead atoms. The number of allylic oxidation sites excluding steroid dienone is 2. The van der Waals surface area contributed by atoms with Crippen molar-refractivity contribution in [2.75, 3.05) is 13.2 Å². The van der Waals surface area contributed by atoms with Crippen molar-refractivity contribution < 1.29 is 50.0 Å². The van der Waals surface area contributed by atoms with Gasteiger partial charge < -0.3 is 50.5 Å². The molecule has 9 unspecified atom stereocenters. The molecular weight excluding hydrogens is 919 g/mol. The number of aliphatic hydroxyl groups is 7. The van der Waals surface area contributed by atoms with E-state index >= 15 is 0 Å². The highest BCUT2D eigenvalue weighted by molar-refractivity contribution is 5.80. The average molecular weight is 1040 g/mol. The first-order valence-corrected chi connectivity index (χ1v) is 31.6. The van der Waals surface area contributed by atoms with E-state index in [0.29, 0.717) is 12.8 Å². The molecule has 1 fully saturated rings. The van der Waals surface area contributed by atoms with Gasteiger partial charge in [0.1, 0.15) is 36.6 Å². The van der Waals surface area contributed by atoms with E-state index < -0.39 is 74.2 Å². The van der Waals surface area contributed by atoms with E-state index in [1.807, 2.05) is 0 Å². The Morgan fingerprint density at radius 3 is 1.18 bits per heavy atom. The number of ether oxygens (including phenoxy) is 2. The summed E-state index contributed by atoms with van der Waals surface area (Å²) in [6.45, 7) is 3.49. The zero-order valence-corrected chi connectivity index (χ0v) is 47.6. The van der Waals surface area contributed by atoms with E-state index in [1.54, 1.807) is 0 Å². The molecule has 1 aliphatic heterocycles. The molecule has 1 amide bonds. The number of hydrogen-bond acceptors (Lipinski definition) is 10. The van der Waals surface area contributed by atoms with E-state index in [4.69, 9.17) is 9.47 Å². The van der Waals surface area contributed by atoms with E-state index in [2.05, 4.69) is 31.3 Å². The molecule has 0 spiro atoms. The molecule has 434 valence electrons. The largest absolute Gasteiger partial charge is 0.394 e. The van der Waals surface area contributed by atoms with Crippen LogP contribution in [-0.2, 0) is 14.3 Å². The lowest BCUT2D eigenvalue weighted by Crippen LogP contribution is -2.60. The smallest absolute Gasteiger partial charge is 0.249 e. The second-order valence-corrected chi connectivity index (χ2v) is 22.5. The van der Waals surface area contributed by atoms with Gasteiger partial charge in [0.2, 0.25) is 5.91 Å². The van der Waals surface area contributed by atoms with Gasteiger partial charge in [-0.1, -0.05) is 283 Å². The summed E-state index contributed by atoms with van der Waals surface area (Å²) < 4.78 is 11.2. The SMILES string of the molecule is CCCCCCCCCCCCCCCCC/C=C/CCCC(O)C(O)C(COC1OC(CO)C(O)C(O)C1O)NC(=O)C(O)CCCCCCCCCCCCCCCCCCCCCCCCCCCC. The monoisotopic (exact) mass is 1040 g/mol. The third-order valence-electron chi connectivity index (χ3n) is 15.6. The van der Waals surface area contributed by atoms with Crippen LogP contribution < -0.4 is 5.32 Å². The highest BCUT2D eigenvalue weighted by Crippen LogP contribution is 2.24. The Morgan fingerprint density at radius 1 is 0.466 bits per heavy atom. The molecular formula is C62H121NO10. The maximum absolute atomic E-state index is 13.2. The van der Waals surface area contributed by atoms with Crippen LogP contribution >= 0.6 is 0 Å². The predicted molar refractivity (Wildman–Crippen MR) is 303 cm³/mol. The molecule has 0 aromatic heterocycles. The maximum Gasteiger partial charge on any atom is 0.249 e. The molecule has 0 aliphatic carbocycles. The number of aliphatic hydroxyl groups excluding tert-OH is 7. The highest BCUT2D eigenvalue weighted by Gasteiger charge is 2.44. The molecule has 0 saturated carbocycles. The molecule has 0 aromatic carbocycles. The van der Waals surface area contributed by atoms with Crippen LogP contribution in [0, 0.1) is 0 Å². The first-order chi connectivity index (χ1) is 35.7. The third-order valence-corrected chi connectivity index (χ3v) is 15.6. The first kappa shape index (κ1) is 69.9. The summed E-state index contributed by atoms with van der Waals surface area (Å²) in [6.07, 6.45) is 49.9. The minimum atomic E-state index is -1.67. The van der Waals surface area contributed by atoms with Gasteiger partial charge >= 0.3 is 0 Å². The molecule has 0 aromatic rings. The zero-order valence-electron chi connectivity index (χ0n) is 47.6. The second kappa shape index (κ2) is 51.6. The van der Waals surface area contributed by atoms with Crippen LogP contribution in [0.4, 0.5) is 0 Å². The molecule has 0 radical (unpaired) electrons. The Morgan fingerprint density at radius 2 is 0.808 bits per heavy atom. The Kier molecular flexibility index (Phi) is 49.4. The second-order valence-electron chi connectivity index (χ2n) is 22.5. The van der Waals surface area contributed by atoms with Gasteiger partial charge in [0, 0.05) is 0 Å². The van der Waals surface area contributed by atoms with Crippen LogP contribution in [0.5, 0.6) is 0 Å². The van der Waals surface area contributed by atoms with Gasteiger partial charge in [-0.3, -0.25) is 4.79 Å². The van der Waals surface area contributed by atoms with Crippen molar-refractivity contribution in [1.82, 2.24) is 5.32 Å². The summed E-state index contributed by atoms with van der Waals surface area (Å²) in [5.74, 6) is -0.699. The fourth-order valence-electron chi connectivity index (χ4n) is 10.4. The average Bonchev–Trinajstić information content (AvgIpc) is 3.39. The van der Waals surface area contributed by atoms with Crippen LogP contribution in [0.3, 0.4) is 0 Å².